The van der Waals surface area contributed by atoms with E-state index in [4.69, 9.17) is 18.0 Å². The van der Waals surface area contributed by atoms with Gasteiger partial charge in [-0.15, -0.1) is 0 Å². The molecule has 0 aromatic rings. The Hall–Kier alpha value is -0.190. The predicted molar refractivity (Wildman–Crippen MR) is 73.7 cm³/mol. The number of nitrogens with two attached hydrogens (primary N) is 1. The standard InChI is InChI=1S/C12H25N3S/c1-12(11(13)16)5-9-15(10-6-12)8-4-7-14(2)3/h4-10H2,1-3H3,(H2,13,16). The van der Waals surface area contributed by atoms with Gasteiger partial charge in [-0.05, 0) is 59.5 Å². The SMILES string of the molecule is CN(C)CCCN1CCC(C)(C(N)=S)CC1. The Labute approximate surface area is 105 Å². The molecule has 1 fully saturated rings. The summed E-state index contributed by atoms with van der Waals surface area (Å²) in [7, 11) is 4.25. The van der Waals surface area contributed by atoms with Gasteiger partial charge in [-0.25, -0.2) is 0 Å². The lowest BCUT2D eigenvalue weighted by Gasteiger charge is -2.38. The van der Waals surface area contributed by atoms with Crippen LogP contribution in [0.1, 0.15) is 26.2 Å². The quantitative estimate of drug-likeness (QED) is 0.738. The Kier molecular flexibility index (Phi) is 5.15. The fourth-order valence-corrected chi connectivity index (χ4v) is 2.33. The van der Waals surface area contributed by atoms with E-state index in [2.05, 4.69) is 30.8 Å². The van der Waals surface area contributed by atoms with Crippen molar-refractivity contribution in [1.82, 2.24) is 9.80 Å². The second-order valence-corrected chi connectivity index (χ2v) is 5.86. The number of nitrogens with zero attached hydrogens (tertiary/aromatic N) is 2. The molecule has 2 N–H and O–H groups in total. The van der Waals surface area contributed by atoms with E-state index in [1.54, 1.807) is 0 Å². The molecule has 16 heavy (non-hydrogen) atoms. The highest BCUT2D eigenvalue weighted by atomic mass is 32.1. The van der Waals surface area contributed by atoms with Gasteiger partial charge < -0.3 is 15.5 Å². The monoisotopic (exact) mass is 243 g/mol. The number of hydrogen-bond donors (Lipinski definition) is 1. The molecule has 0 unspecified atom stereocenters. The number of hydrogen-bond acceptors (Lipinski definition) is 3. The summed E-state index contributed by atoms with van der Waals surface area (Å²) in [5.74, 6) is 0. The largest absolute Gasteiger partial charge is 0.393 e. The molecular formula is C12H25N3S. The summed E-state index contributed by atoms with van der Waals surface area (Å²) < 4.78 is 0. The molecule has 0 saturated carbocycles. The lowest BCUT2D eigenvalue weighted by Crippen LogP contribution is -2.45. The van der Waals surface area contributed by atoms with Crippen molar-refractivity contribution in [1.29, 1.82) is 0 Å². The Bertz CT molecular complexity index is 232. The first kappa shape index (κ1) is 13.9. The number of likely N-dealkylation sites (tertiary alicyclic amines) is 1. The zero-order valence-corrected chi connectivity index (χ0v) is 11.6. The predicted octanol–water partition coefficient (Wildman–Crippen LogP) is 1.33. The van der Waals surface area contributed by atoms with Crippen LogP contribution in [0.4, 0.5) is 0 Å². The van der Waals surface area contributed by atoms with Crippen LogP contribution in [0, 0.1) is 5.41 Å². The second-order valence-electron chi connectivity index (χ2n) is 5.42. The maximum Gasteiger partial charge on any atom is 0.0788 e. The van der Waals surface area contributed by atoms with Gasteiger partial charge in [0.15, 0.2) is 0 Å². The first-order valence-corrected chi connectivity index (χ1v) is 6.52. The molecule has 1 heterocycles. The van der Waals surface area contributed by atoms with Crippen LogP contribution in [0.5, 0.6) is 0 Å². The van der Waals surface area contributed by atoms with E-state index < -0.39 is 0 Å². The van der Waals surface area contributed by atoms with Crippen LogP contribution in [-0.2, 0) is 0 Å². The smallest absolute Gasteiger partial charge is 0.0788 e. The Morgan fingerprint density at radius 3 is 2.38 bits per heavy atom. The molecule has 3 nitrogen and oxygen atoms in total. The van der Waals surface area contributed by atoms with Crippen LogP contribution in [0.3, 0.4) is 0 Å². The summed E-state index contributed by atoms with van der Waals surface area (Å²) >= 11 is 5.14. The van der Waals surface area contributed by atoms with E-state index in [1.807, 2.05) is 0 Å². The third kappa shape index (κ3) is 4.00. The molecule has 1 aliphatic rings. The Morgan fingerprint density at radius 2 is 1.94 bits per heavy atom. The normalized spacial score (nSPS) is 21.2. The zero-order chi connectivity index (χ0) is 12.2. The van der Waals surface area contributed by atoms with Gasteiger partial charge in [0.25, 0.3) is 0 Å². The average Bonchev–Trinajstić information content (AvgIpc) is 2.20. The van der Waals surface area contributed by atoms with Gasteiger partial charge >= 0.3 is 0 Å². The summed E-state index contributed by atoms with van der Waals surface area (Å²) in [4.78, 5) is 5.47. The molecule has 1 saturated heterocycles. The topological polar surface area (TPSA) is 32.5 Å². The van der Waals surface area contributed by atoms with Crippen molar-refractivity contribution in [3.63, 3.8) is 0 Å². The van der Waals surface area contributed by atoms with Crippen molar-refractivity contribution in [3.8, 4) is 0 Å². The Balaban J connectivity index is 2.24. The van der Waals surface area contributed by atoms with E-state index in [9.17, 15) is 0 Å². The van der Waals surface area contributed by atoms with Gasteiger partial charge in [-0.2, -0.15) is 0 Å². The molecule has 0 aliphatic carbocycles. The molecule has 0 radical (unpaired) electrons. The first-order chi connectivity index (χ1) is 7.44. The maximum atomic E-state index is 5.79. The molecule has 0 atom stereocenters. The molecule has 1 rings (SSSR count). The third-order valence-corrected chi connectivity index (χ3v) is 4.13. The van der Waals surface area contributed by atoms with Gasteiger partial charge in [0, 0.05) is 5.41 Å². The molecule has 0 aromatic heterocycles. The highest BCUT2D eigenvalue weighted by molar-refractivity contribution is 7.80. The minimum atomic E-state index is 0.105. The molecule has 1 aliphatic heterocycles. The van der Waals surface area contributed by atoms with Gasteiger partial charge in [-0.3, -0.25) is 0 Å². The molecular weight excluding hydrogens is 218 g/mol. The summed E-state index contributed by atoms with van der Waals surface area (Å²) in [6.07, 6.45) is 3.48. The van der Waals surface area contributed by atoms with E-state index in [0.717, 1.165) is 25.9 Å². The molecule has 0 spiro atoms. The van der Waals surface area contributed by atoms with E-state index in [0.29, 0.717) is 4.99 Å². The lowest BCUT2D eigenvalue weighted by atomic mass is 9.80. The summed E-state index contributed by atoms with van der Waals surface area (Å²) in [5, 5.41) is 0. The summed E-state index contributed by atoms with van der Waals surface area (Å²) in [5.41, 5.74) is 5.90. The van der Waals surface area contributed by atoms with Crippen molar-refractivity contribution in [2.75, 3.05) is 40.3 Å². The van der Waals surface area contributed by atoms with Crippen LogP contribution in [-0.4, -0.2) is 55.1 Å². The number of piperidine rings is 1. The molecule has 0 aromatic carbocycles. The summed E-state index contributed by atoms with van der Waals surface area (Å²) in [6.45, 7) is 6.85. The van der Waals surface area contributed by atoms with Crippen molar-refractivity contribution >= 4 is 17.2 Å². The molecule has 4 heteroatoms. The van der Waals surface area contributed by atoms with E-state index >= 15 is 0 Å². The van der Waals surface area contributed by atoms with E-state index in [1.165, 1.54) is 19.5 Å². The first-order valence-electron chi connectivity index (χ1n) is 6.11. The van der Waals surface area contributed by atoms with Crippen LogP contribution in [0.25, 0.3) is 0 Å². The van der Waals surface area contributed by atoms with Crippen LogP contribution >= 0.6 is 12.2 Å². The highest BCUT2D eigenvalue weighted by Gasteiger charge is 2.32. The minimum absolute atomic E-state index is 0.105. The molecule has 0 bridgehead atoms. The summed E-state index contributed by atoms with van der Waals surface area (Å²) in [6, 6.07) is 0. The van der Waals surface area contributed by atoms with Gasteiger partial charge in [0.1, 0.15) is 0 Å². The highest BCUT2D eigenvalue weighted by Crippen LogP contribution is 2.30. The van der Waals surface area contributed by atoms with Crippen LogP contribution < -0.4 is 5.73 Å². The van der Waals surface area contributed by atoms with Crippen molar-refractivity contribution < 1.29 is 0 Å². The number of thiocarbonyl (C=S) groups is 1. The van der Waals surface area contributed by atoms with Crippen LogP contribution in [0.15, 0.2) is 0 Å². The van der Waals surface area contributed by atoms with E-state index in [-0.39, 0.29) is 5.41 Å². The van der Waals surface area contributed by atoms with Crippen molar-refractivity contribution in [3.05, 3.63) is 0 Å². The van der Waals surface area contributed by atoms with Crippen molar-refractivity contribution in [2.24, 2.45) is 11.1 Å². The number of rotatable bonds is 5. The zero-order valence-electron chi connectivity index (χ0n) is 10.8. The fraction of sp³-hybridized carbons (Fsp3) is 0.917. The lowest BCUT2D eigenvalue weighted by molar-refractivity contribution is 0.159. The maximum absolute atomic E-state index is 5.79. The van der Waals surface area contributed by atoms with Gasteiger partial charge in [0.2, 0.25) is 0 Å². The van der Waals surface area contributed by atoms with Crippen molar-refractivity contribution in [2.45, 2.75) is 26.2 Å². The Morgan fingerprint density at radius 1 is 1.38 bits per heavy atom. The van der Waals surface area contributed by atoms with Crippen LogP contribution in [0.2, 0.25) is 0 Å². The molecule has 0 amide bonds. The fourth-order valence-electron chi connectivity index (χ4n) is 2.13. The minimum Gasteiger partial charge on any atom is -0.393 e. The third-order valence-electron chi connectivity index (χ3n) is 3.63. The average molecular weight is 243 g/mol. The second kappa shape index (κ2) is 5.94. The van der Waals surface area contributed by atoms with Gasteiger partial charge in [-0.1, -0.05) is 19.1 Å². The van der Waals surface area contributed by atoms with Gasteiger partial charge in [0.05, 0.1) is 4.99 Å². The molecule has 94 valence electrons.